The molecule has 15 heavy (non-hydrogen) atoms. The van der Waals surface area contributed by atoms with Gasteiger partial charge in [-0.05, 0) is 23.8 Å². The zero-order valence-electron chi connectivity index (χ0n) is 10.1. The summed E-state index contributed by atoms with van der Waals surface area (Å²) in [5, 5.41) is 4.57. The van der Waals surface area contributed by atoms with Crippen LogP contribution >= 0.6 is 0 Å². The summed E-state index contributed by atoms with van der Waals surface area (Å²) in [6, 6.07) is 2.07. The molecule has 0 amide bonds. The lowest BCUT2D eigenvalue weighted by molar-refractivity contribution is 0.457. The largest absolute Gasteiger partial charge is 0.320 e. The molecule has 1 heterocycles. The Balaban J connectivity index is 2.15. The summed E-state index contributed by atoms with van der Waals surface area (Å²) in [5.74, 6) is 0.624. The molecule has 1 aromatic rings. The van der Waals surface area contributed by atoms with Gasteiger partial charge in [0.25, 0.3) is 0 Å². The summed E-state index contributed by atoms with van der Waals surface area (Å²) >= 11 is 0. The highest BCUT2D eigenvalue weighted by atomic mass is 15.3. The third-order valence-electron chi connectivity index (χ3n) is 3.45. The van der Waals surface area contributed by atoms with E-state index < -0.39 is 0 Å². The fraction of sp³-hybridized carbons (Fsp3) is 0.750. The van der Waals surface area contributed by atoms with E-state index >= 15 is 0 Å². The van der Waals surface area contributed by atoms with Crippen molar-refractivity contribution in [3.05, 3.63) is 18.0 Å². The molecule has 1 fully saturated rings. The number of hydrogen-bond donors (Lipinski definition) is 1. The van der Waals surface area contributed by atoms with Crippen molar-refractivity contribution in [2.75, 3.05) is 0 Å². The van der Waals surface area contributed by atoms with Crippen molar-refractivity contribution in [2.45, 2.75) is 46.2 Å². The van der Waals surface area contributed by atoms with Gasteiger partial charge in [-0.3, -0.25) is 4.68 Å². The second-order valence-electron chi connectivity index (χ2n) is 5.85. The minimum Gasteiger partial charge on any atom is -0.320 e. The van der Waals surface area contributed by atoms with Gasteiger partial charge < -0.3 is 5.73 Å². The van der Waals surface area contributed by atoms with Gasteiger partial charge in [-0.2, -0.15) is 5.10 Å². The Hall–Kier alpha value is -0.830. The van der Waals surface area contributed by atoms with E-state index in [2.05, 4.69) is 38.9 Å². The lowest BCUT2D eigenvalue weighted by Gasteiger charge is -2.12. The topological polar surface area (TPSA) is 43.8 Å². The molecule has 3 heteroatoms. The van der Waals surface area contributed by atoms with Gasteiger partial charge >= 0.3 is 0 Å². The Labute approximate surface area is 91.7 Å². The summed E-state index contributed by atoms with van der Waals surface area (Å²) in [6.45, 7) is 9.76. The van der Waals surface area contributed by atoms with Crippen LogP contribution in [0.4, 0.5) is 0 Å². The van der Waals surface area contributed by atoms with Crippen LogP contribution in [0.15, 0.2) is 12.3 Å². The van der Waals surface area contributed by atoms with Gasteiger partial charge in [-0.25, -0.2) is 0 Å². The van der Waals surface area contributed by atoms with Crippen LogP contribution in [-0.2, 0) is 12.1 Å². The Morgan fingerprint density at radius 1 is 1.53 bits per heavy atom. The first kappa shape index (κ1) is 10.7. The van der Waals surface area contributed by atoms with Crippen LogP contribution in [0.25, 0.3) is 0 Å². The Bertz CT molecular complexity index is 365. The quantitative estimate of drug-likeness (QED) is 0.825. The molecule has 0 saturated heterocycles. The summed E-state index contributed by atoms with van der Waals surface area (Å²) in [7, 11) is 0. The molecular formula is C12H21N3. The van der Waals surface area contributed by atoms with Crippen molar-refractivity contribution in [2.24, 2.45) is 17.1 Å². The Morgan fingerprint density at radius 2 is 2.13 bits per heavy atom. The fourth-order valence-corrected chi connectivity index (χ4v) is 2.17. The molecule has 2 N–H and O–H groups in total. The summed E-state index contributed by atoms with van der Waals surface area (Å²) in [6.07, 6.45) is 3.08. The molecule has 0 aromatic carbocycles. The molecule has 1 aliphatic carbocycles. The number of rotatable bonds is 3. The van der Waals surface area contributed by atoms with E-state index in [1.165, 1.54) is 0 Å². The van der Waals surface area contributed by atoms with Crippen LogP contribution in [-0.4, -0.2) is 9.78 Å². The van der Waals surface area contributed by atoms with E-state index in [9.17, 15) is 0 Å². The first-order valence-electron chi connectivity index (χ1n) is 5.68. The average molecular weight is 207 g/mol. The molecule has 1 unspecified atom stereocenters. The first-order chi connectivity index (χ1) is 6.85. The number of nitrogens with two attached hydrogens (primary N) is 1. The number of nitrogens with zero attached hydrogens (tertiary/aromatic N) is 2. The molecule has 1 atom stereocenters. The van der Waals surface area contributed by atoms with Crippen molar-refractivity contribution >= 4 is 0 Å². The van der Waals surface area contributed by atoms with E-state index in [1.54, 1.807) is 0 Å². The minimum absolute atomic E-state index is 0.185. The molecule has 0 bridgehead atoms. The molecule has 1 saturated carbocycles. The predicted octanol–water partition coefficient (Wildman–Crippen LogP) is 2.12. The summed E-state index contributed by atoms with van der Waals surface area (Å²) in [4.78, 5) is 0. The molecule has 84 valence electrons. The number of aromatic nitrogens is 2. The molecular weight excluding hydrogens is 186 g/mol. The van der Waals surface area contributed by atoms with Gasteiger partial charge in [0.1, 0.15) is 0 Å². The number of hydrogen-bond acceptors (Lipinski definition) is 2. The second kappa shape index (κ2) is 3.08. The molecule has 1 aromatic heterocycles. The van der Waals surface area contributed by atoms with E-state index in [0.717, 1.165) is 18.7 Å². The van der Waals surface area contributed by atoms with Crippen molar-refractivity contribution in [1.82, 2.24) is 9.78 Å². The van der Waals surface area contributed by atoms with Gasteiger partial charge in [0.15, 0.2) is 0 Å². The lowest BCUT2D eigenvalue weighted by Crippen LogP contribution is -2.26. The third kappa shape index (κ3) is 1.69. The van der Waals surface area contributed by atoms with Crippen molar-refractivity contribution < 1.29 is 0 Å². The predicted molar refractivity (Wildman–Crippen MR) is 61.3 cm³/mol. The second-order valence-corrected chi connectivity index (χ2v) is 5.85. The van der Waals surface area contributed by atoms with Crippen LogP contribution in [0.3, 0.4) is 0 Å². The SMILES string of the molecule is CC(C)Cn1ccc(C2(N)CC2(C)C)n1. The van der Waals surface area contributed by atoms with Gasteiger partial charge in [-0.1, -0.05) is 27.7 Å². The van der Waals surface area contributed by atoms with Crippen LogP contribution in [0.5, 0.6) is 0 Å². The molecule has 0 aliphatic heterocycles. The first-order valence-corrected chi connectivity index (χ1v) is 5.68. The Kier molecular flexibility index (Phi) is 2.19. The monoisotopic (exact) mass is 207 g/mol. The zero-order valence-corrected chi connectivity index (χ0v) is 10.1. The maximum atomic E-state index is 6.31. The van der Waals surface area contributed by atoms with Gasteiger partial charge in [0.05, 0.1) is 11.2 Å². The lowest BCUT2D eigenvalue weighted by atomic mass is 10.0. The molecule has 1 aliphatic rings. The minimum atomic E-state index is -0.185. The molecule has 2 rings (SSSR count). The average Bonchev–Trinajstić information content (AvgIpc) is 2.45. The third-order valence-corrected chi connectivity index (χ3v) is 3.45. The van der Waals surface area contributed by atoms with Gasteiger partial charge in [0, 0.05) is 12.7 Å². The van der Waals surface area contributed by atoms with Gasteiger partial charge in [-0.15, -0.1) is 0 Å². The molecule has 0 spiro atoms. The van der Waals surface area contributed by atoms with E-state index in [0.29, 0.717) is 5.92 Å². The Morgan fingerprint density at radius 3 is 2.60 bits per heavy atom. The van der Waals surface area contributed by atoms with Gasteiger partial charge in [0.2, 0.25) is 0 Å². The zero-order chi connectivity index (χ0) is 11.3. The maximum absolute atomic E-state index is 6.31. The standard InChI is InChI=1S/C12H21N3/c1-9(2)7-15-6-5-10(14-15)12(13)8-11(12,3)4/h5-6,9H,7-8,13H2,1-4H3. The fourth-order valence-electron chi connectivity index (χ4n) is 2.17. The van der Waals surface area contributed by atoms with Crippen LogP contribution in [0.1, 0.15) is 39.8 Å². The van der Waals surface area contributed by atoms with E-state index in [-0.39, 0.29) is 11.0 Å². The van der Waals surface area contributed by atoms with Crippen LogP contribution < -0.4 is 5.73 Å². The highest BCUT2D eigenvalue weighted by Gasteiger charge is 2.60. The molecule has 0 radical (unpaired) electrons. The smallest absolute Gasteiger partial charge is 0.0828 e. The highest BCUT2D eigenvalue weighted by Crippen LogP contribution is 2.59. The van der Waals surface area contributed by atoms with E-state index in [4.69, 9.17) is 5.73 Å². The van der Waals surface area contributed by atoms with Crippen molar-refractivity contribution in [3.63, 3.8) is 0 Å². The summed E-state index contributed by atoms with van der Waals surface area (Å²) in [5.41, 5.74) is 7.39. The maximum Gasteiger partial charge on any atom is 0.0828 e. The normalized spacial score (nSPS) is 28.4. The van der Waals surface area contributed by atoms with E-state index in [1.807, 2.05) is 10.9 Å². The van der Waals surface area contributed by atoms with Crippen LogP contribution in [0, 0.1) is 11.3 Å². The van der Waals surface area contributed by atoms with Crippen LogP contribution in [0.2, 0.25) is 0 Å². The van der Waals surface area contributed by atoms with Crippen molar-refractivity contribution in [1.29, 1.82) is 0 Å². The molecule has 3 nitrogen and oxygen atoms in total. The van der Waals surface area contributed by atoms with Crippen molar-refractivity contribution in [3.8, 4) is 0 Å². The highest BCUT2D eigenvalue weighted by molar-refractivity contribution is 5.28. The summed E-state index contributed by atoms with van der Waals surface area (Å²) < 4.78 is 2.00.